The molecule has 1 heterocycles. The highest BCUT2D eigenvalue weighted by Crippen LogP contribution is 2.18. The zero-order valence-electron chi connectivity index (χ0n) is 12.5. The topological polar surface area (TPSA) is 49.6 Å². The smallest absolute Gasteiger partial charge is 0.224 e. The van der Waals surface area contributed by atoms with E-state index in [2.05, 4.69) is 19.0 Å². The maximum absolute atomic E-state index is 12.4. The Morgan fingerprint density at radius 2 is 2.10 bits per heavy atom. The normalized spacial score (nSPS) is 21.0. The van der Waals surface area contributed by atoms with Crippen molar-refractivity contribution in [2.75, 3.05) is 27.2 Å². The van der Waals surface area contributed by atoms with Crippen LogP contribution >= 0.6 is 0 Å². The molecule has 0 unspecified atom stereocenters. The summed E-state index contributed by atoms with van der Waals surface area (Å²) in [6.07, 6.45) is 2.64. The van der Waals surface area contributed by atoms with Crippen molar-refractivity contribution in [1.82, 2.24) is 9.80 Å². The molecule has 1 fully saturated rings. The van der Waals surface area contributed by atoms with Crippen molar-refractivity contribution in [3.8, 4) is 0 Å². The molecule has 0 aromatic heterocycles. The first-order valence-electron chi connectivity index (χ1n) is 7.32. The van der Waals surface area contributed by atoms with E-state index in [4.69, 9.17) is 5.73 Å². The Morgan fingerprint density at radius 3 is 2.75 bits per heavy atom. The summed E-state index contributed by atoms with van der Waals surface area (Å²) in [5, 5.41) is 0. The number of nitrogens with two attached hydrogens (primary N) is 1. The van der Waals surface area contributed by atoms with Crippen molar-refractivity contribution in [3.05, 3.63) is 35.9 Å². The lowest BCUT2D eigenvalue weighted by atomic mass is 10.0. The van der Waals surface area contributed by atoms with Gasteiger partial charge >= 0.3 is 0 Å². The summed E-state index contributed by atoms with van der Waals surface area (Å²) in [5.74, 6) is 0.174. The van der Waals surface area contributed by atoms with Gasteiger partial charge in [-0.15, -0.1) is 0 Å². The Kier molecular flexibility index (Phi) is 5.15. The highest BCUT2D eigenvalue weighted by molar-refractivity contribution is 5.77. The predicted octanol–water partition coefficient (Wildman–Crippen LogP) is 1.63. The van der Waals surface area contributed by atoms with Crippen LogP contribution in [0.5, 0.6) is 0 Å². The number of rotatable bonds is 4. The molecule has 0 bridgehead atoms. The molecule has 110 valence electrons. The second-order valence-corrected chi connectivity index (χ2v) is 5.82. The Balaban J connectivity index is 1.91. The fraction of sp³-hybridized carbons (Fsp3) is 0.562. The van der Waals surface area contributed by atoms with Crippen LogP contribution < -0.4 is 5.73 Å². The van der Waals surface area contributed by atoms with Gasteiger partial charge in [0.15, 0.2) is 0 Å². The van der Waals surface area contributed by atoms with Crippen LogP contribution in [0.4, 0.5) is 0 Å². The number of amides is 1. The van der Waals surface area contributed by atoms with E-state index in [-0.39, 0.29) is 11.9 Å². The Hall–Kier alpha value is -1.39. The summed E-state index contributed by atoms with van der Waals surface area (Å²) < 4.78 is 0. The van der Waals surface area contributed by atoms with Crippen molar-refractivity contribution in [2.24, 2.45) is 5.73 Å². The molecule has 1 aromatic carbocycles. The zero-order chi connectivity index (χ0) is 14.5. The minimum Gasteiger partial charge on any atom is -0.341 e. The standard InChI is InChI=1S/C16H25N3O/c1-18(2)14-9-6-10-19(12-14)16(20)11-15(17)13-7-4-3-5-8-13/h3-5,7-8,14-15H,6,9-12,17H2,1-2H3/t14-,15+/m1/s1. The lowest BCUT2D eigenvalue weighted by molar-refractivity contribution is -0.133. The molecule has 1 saturated heterocycles. The molecule has 2 N–H and O–H groups in total. The molecule has 2 rings (SSSR count). The number of carbonyl (C=O) groups excluding carboxylic acids is 1. The molecule has 1 aliphatic rings. The Morgan fingerprint density at radius 1 is 1.40 bits per heavy atom. The summed E-state index contributed by atoms with van der Waals surface area (Å²) in [4.78, 5) is 16.6. The van der Waals surface area contributed by atoms with Crippen molar-refractivity contribution in [2.45, 2.75) is 31.3 Å². The van der Waals surface area contributed by atoms with E-state index in [0.29, 0.717) is 12.5 Å². The van der Waals surface area contributed by atoms with Gasteiger partial charge in [0.1, 0.15) is 0 Å². The van der Waals surface area contributed by atoms with E-state index in [1.165, 1.54) is 6.42 Å². The van der Waals surface area contributed by atoms with E-state index >= 15 is 0 Å². The monoisotopic (exact) mass is 275 g/mol. The second kappa shape index (κ2) is 6.86. The van der Waals surface area contributed by atoms with Crippen molar-refractivity contribution in [3.63, 3.8) is 0 Å². The number of likely N-dealkylation sites (N-methyl/N-ethyl adjacent to an activating group) is 1. The van der Waals surface area contributed by atoms with Crippen molar-refractivity contribution < 1.29 is 4.79 Å². The number of hydrogen-bond acceptors (Lipinski definition) is 3. The lowest BCUT2D eigenvalue weighted by Crippen LogP contribution is -2.48. The highest BCUT2D eigenvalue weighted by Gasteiger charge is 2.25. The quantitative estimate of drug-likeness (QED) is 0.908. The molecule has 1 amide bonds. The second-order valence-electron chi connectivity index (χ2n) is 5.82. The number of carbonyl (C=O) groups is 1. The lowest BCUT2D eigenvalue weighted by Gasteiger charge is -2.36. The first-order valence-corrected chi connectivity index (χ1v) is 7.32. The molecular weight excluding hydrogens is 250 g/mol. The van der Waals surface area contributed by atoms with Gasteiger partial charge in [0.05, 0.1) is 0 Å². The molecule has 4 heteroatoms. The number of likely N-dealkylation sites (tertiary alicyclic amines) is 1. The fourth-order valence-electron chi connectivity index (χ4n) is 2.74. The number of benzene rings is 1. The van der Waals surface area contributed by atoms with Crippen LogP contribution in [0, 0.1) is 0 Å². The van der Waals surface area contributed by atoms with E-state index in [1.807, 2.05) is 35.2 Å². The third-order valence-electron chi connectivity index (χ3n) is 4.10. The van der Waals surface area contributed by atoms with Gasteiger partial charge < -0.3 is 15.5 Å². The molecule has 1 aromatic rings. The molecule has 0 radical (unpaired) electrons. The SMILES string of the molecule is CN(C)[C@@H]1CCCN(C(=O)C[C@H](N)c2ccccc2)C1. The van der Waals surface area contributed by atoms with Crippen LogP contribution in [-0.2, 0) is 4.79 Å². The Bertz CT molecular complexity index is 433. The van der Waals surface area contributed by atoms with Crippen molar-refractivity contribution in [1.29, 1.82) is 0 Å². The molecule has 2 atom stereocenters. The van der Waals surface area contributed by atoms with Gasteiger partial charge in [0, 0.05) is 31.6 Å². The number of piperidine rings is 1. The maximum atomic E-state index is 12.4. The number of hydrogen-bond donors (Lipinski definition) is 1. The predicted molar refractivity (Wildman–Crippen MR) is 81.3 cm³/mol. The van der Waals surface area contributed by atoms with Gasteiger partial charge in [0.25, 0.3) is 0 Å². The van der Waals surface area contributed by atoms with E-state index < -0.39 is 0 Å². The summed E-state index contributed by atoms with van der Waals surface area (Å²) in [7, 11) is 4.16. The molecular formula is C16H25N3O. The van der Waals surface area contributed by atoms with Crippen LogP contribution in [0.1, 0.15) is 30.9 Å². The number of nitrogens with zero attached hydrogens (tertiary/aromatic N) is 2. The first kappa shape index (κ1) is 15.0. The van der Waals surface area contributed by atoms with Crippen molar-refractivity contribution >= 4 is 5.91 Å². The van der Waals surface area contributed by atoms with E-state index in [9.17, 15) is 4.79 Å². The molecule has 0 spiro atoms. The largest absolute Gasteiger partial charge is 0.341 e. The Labute approximate surface area is 121 Å². The third-order valence-corrected chi connectivity index (χ3v) is 4.10. The maximum Gasteiger partial charge on any atom is 0.224 e. The molecule has 4 nitrogen and oxygen atoms in total. The van der Waals surface area contributed by atoms with Gasteiger partial charge in [-0.2, -0.15) is 0 Å². The minimum absolute atomic E-state index is 0.174. The van der Waals surface area contributed by atoms with Gasteiger partial charge in [-0.25, -0.2) is 0 Å². The summed E-state index contributed by atoms with van der Waals surface area (Å²) >= 11 is 0. The van der Waals surface area contributed by atoms with Crippen LogP contribution in [-0.4, -0.2) is 48.9 Å². The average molecular weight is 275 g/mol. The zero-order valence-corrected chi connectivity index (χ0v) is 12.5. The average Bonchev–Trinajstić information content (AvgIpc) is 2.48. The highest BCUT2D eigenvalue weighted by atomic mass is 16.2. The molecule has 0 saturated carbocycles. The van der Waals surface area contributed by atoms with Gasteiger partial charge in [0.2, 0.25) is 5.91 Å². The van der Waals surface area contributed by atoms with Crippen LogP contribution in [0.2, 0.25) is 0 Å². The van der Waals surface area contributed by atoms with Crippen LogP contribution in [0.15, 0.2) is 30.3 Å². The van der Waals surface area contributed by atoms with E-state index in [0.717, 1.165) is 25.1 Å². The van der Waals surface area contributed by atoms with Gasteiger partial charge in [-0.3, -0.25) is 4.79 Å². The van der Waals surface area contributed by atoms with Gasteiger partial charge in [-0.05, 0) is 32.5 Å². The summed E-state index contributed by atoms with van der Waals surface area (Å²) in [6.45, 7) is 1.69. The molecule has 0 aliphatic carbocycles. The van der Waals surface area contributed by atoms with E-state index in [1.54, 1.807) is 0 Å². The fourth-order valence-corrected chi connectivity index (χ4v) is 2.74. The van der Waals surface area contributed by atoms with Crippen LogP contribution in [0.3, 0.4) is 0 Å². The van der Waals surface area contributed by atoms with Crippen LogP contribution in [0.25, 0.3) is 0 Å². The first-order chi connectivity index (χ1) is 9.58. The minimum atomic E-state index is -0.205. The third kappa shape index (κ3) is 3.81. The molecule has 1 aliphatic heterocycles. The molecule has 20 heavy (non-hydrogen) atoms. The van der Waals surface area contributed by atoms with Gasteiger partial charge in [-0.1, -0.05) is 30.3 Å². The summed E-state index contributed by atoms with van der Waals surface area (Å²) in [6, 6.07) is 10.1. The summed E-state index contributed by atoms with van der Waals surface area (Å²) in [5.41, 5.74) is 7.17.